The number of benzene rings is 1. The molecular weight excluding hydrogens is 246 g/mol. The van der Waals surface area contributed by atoms with E-state index >= 15 is 0 Å². The van der Waals surface area contributed by atoms with Gasteiger partial charge >= 0.3 is 5.97 Å². The van der Waals surface area contributed by atoms with Crippen LogP contribution in [0.2, 0.25) is 0 Å². The molecule has 0 spiro atoms. The van der Waals surface area contributed by atoms with Gasteiger partial charge in [-0.1, -0.05) is 30.3 Å². The molecule has 1 atom stereocenters. The summed E-state index contributed by atoms with van der Waals surface area (Å²) in [5, 5.41) is 12.9. The van der Waals surface area contributed by atoms with Gasteiger partial charge < -0.3 is 5.11 Å². The van der Waals surface area contributed by atoms with Gasteiger partial charge in [-0.15, -0.1) is 0 Å². The Morgan fingerprint density at radius 2 is 2.00 bits per heavy atom. The van der Waals surface area contributed by atoms with Crippen LogP contribution < -0.4 is 5.32 Å². The second-order valence-corrected chi connectivity index (χ2v) is 5.60. The van der Waals surface area contributed by atoms with Crippen LogP contribution in [0.3, 0.4) is 0 Å². The van der Waals surface area contributed by atoms with Crippen molar-refractivity contribution >= 4 is 17.7 Å². The Hall–Kier alpha value is -1.00. The van der Waals surface area contributed by atoms with Crippen molar-refractivity contribution < 1.29 is 9.90 Å². The third-order valence-electron chi connectivity index (χ3n) is 2.85. The average Bonchev–Trinajstić information content (AvgIpc) is 2.34. The first-order valence-corrected chi connectivity index (χ1v) is 7.48. The van der Waals surface area contributed by atoms with E-state index in [0.717, 1.165) is 11.3 Å². The quantitative estimate of drug-likeness (QED) is 0.797. The number of carbonyl (C=O) groups is 1. The highest BCUT2D eigenvalue weighted by Gasteiger charge is 2.40. The Labute approximate surface area is 113 Å². The Balaban J connectivity index is 3.15. The standard InChI is InChI=1S/C14H21NO2S/c1-11(2)15-14(13(16)17,9-10-18-3)12-7-5-4-6-8-12/h4-8,11,15H,9-10H2,1-3H3,(H,16,17). The summed E-state index contributed by atoms with van der Waals surface area (Å²) >= 11 is 1.66. The van der Waals surface area contributed by atoms with Gasteiger partial charge in [-0.05, 0) is 37.8 Å². The summed E-state index contributed by atoms with van der Waals surface area (Å²) < 4.78 is 0. The first-order chi connectivity index (χ1) is 8.53. The van der Waals surface area contributed by atoms with Gasteiger partial charge in [0.1, 0.15) is 5.54 Å². The molecule has 0 radical (unpaired) electrons. The molecule has 0 amide bonds. The molecule has 0 fully saturated rings. The third kappa shape index (κ3) is 3.50. The maximum Gasteiger partial charge on any atom is 0.328 e. The van der Waals surface area contributed by atoms with Crippen molar-refractivity contribution in [2.24, 2.45) is 0 Å². The summed E-state index contributed by atoms with van der Waals surface area (Å²) in [4.78, 5) is 11.8. The number of carboxylic acid groups (broad SMARTS) is 1. The van der Waals surface area contributed by atoms with Crippen LogP contribution in [0, 0.1) is 0 Å². The van der Waals surface area contributed by atoms with Gasteiger partial charge in [-0.3, -0.25) is 5.32 Å². The van der Waals surface area contributed by atoms with Crippen LogP contribution in [-0.2, 0) is 10.3 Å². The number of thioether (sulfide) groups is 1. The molecule has 18 heavy (non-hydrogen) atoms. The molecule has 4 heteroatoms. The van der Waals surface area contributed by atoms with E-state index < -0.39 is 11.5 Å². The first kappa shape index (κ1) is 15.1. The highest BCUT2D eigenvalue weighted by atomic mass is 32.2. The molecule has 0 aromatic heterocycles. The van der Waals surface area contributed by atoms with Crippen LogP contribution in [0.15, 0.2) is 30.3 Å². The van der Waals surface area contributed by atoms with Gasteiger partial charge in [-0.2, -0.15) is 11.8 Å². The Morgan fingerprint density at radius 3 is 2.44 bits per heavy atom. The summed E-state index contributed by atoms with van der Waals surface area (Å²) in [7, 11) is 0. The highest BCUT2D eigenvalue weighted by molar-refractivity contribution is 7.98. The van der Waals surface area contributed by atoms with Crippen molar-refractivity contribution in [3.63, 3.8) is 0 Å². The molecule has 1 aromatic rings. The van der Waals surface area contributed by atoms with E-state index in [0.29, 0.717) is 6.42 Å². The van der Waals surface area contributed by atoms with Crippen molar-refractivity contribution in [1.29, 1.82) is 0 Å². The van der Waals surface area contributed by atoms with Crippen molar-refractivity contribution in [3.05, 3.63) is 35.9 Å². The summed E-state index contributed by atoms with van der Waals surface area (Å²) in [5.74, 6) is -0.00238. The monoisotopic (exact) mass is 267 g/mol. The van der Waals surface area contributed by atoms with Crippen molar-refractivity contribution in [1.82, 2.24) is 5.32 Å². The fourth-order valence-electron chi connectivity index (χ4n) is 2.06. The smallest absolute Gasteiger partial charge is 0.328 e. The van der Waals surface area contributed by atoms with Crippen molar-refractivity contribution in [2.45, 2.75) is 31.8 Å². The van der Waals surface area contributed by atoms with Crippen LogP contribution in [0.4, 0.5) is 0 Å². The molecule has 1 unspecified atom stereocenters. The van der Waals surface area contributed by atoms with E-state index in [2.05, 4.69) is 5.32 Å². The van der Waals surface area contributed by atoms with Crippen LogP contribution in [0.25, 0.3) is 0 Å². The molecule has 0 aliphatic heterocycles. The van der Waals surface area contributed by atoms with Gasteiger partial charge in [0, 0.05) is 6.04 Å². The van der Waals surface area contributed by atoms with Gasteiger partial charge in [0.25, 0.3) is 0 Å². The minimum absolute atomic E-state index is 0.114. The zero-order valence-corrected chi connectivity index (χ0v) is 12.0. The number of rotatable bonds is 7. The van der Waals surface area contributed by atoms with Gasteiger partial charge in [0.2, 0.25) is 0 Å². The maximum atomic E-state index is 11.8. The summed E-state index contributed by atoms with van der Waals surface area (Å²) in [6.07, 6.45) is 2.57. The predicted octanol–water partition coefficient (Wildman–Crippen LogP) is 2.72. The van der Waals surface area contributed by atoms with E-state index in [-0.39, 0.29) is 6.04 Å². The highest BCUT2D eigenvalue weighted by Crippen LogP contribution is 2.27. The minimum Gasteiger partial charge on any atom is -0.480 e. The molecule has 100 valence electrons. The molecule has 0 bridgehead atoms. The molecule has 0 saturated carbocycles. The molecule has 2 N–H and O–H groups in total. The molecule has 0 aliphatic carbocycles. The van der Waals surface area contributed by atoms with E-state index in [1.54, 1.807) is 11.8 Å². The molecule has 0 heterocycles. The maximum absolute atomic E-state index is 11.8. The molecule has 1 rings (SSSR count). The lowest BCUT2D eigenvalue weighted by molar-refractivity contribution is -0.146. The summed E-state index contributed by atoms with van der Waals surface area (Å²) in [5.41, 5.74) is -0.168. The fourth-order valence-corrected chi connectivity index (χ4v) is 2.57. The third-order valence-corrected chi connectivity index (χ3v) is 3.46. The Kier molecular flexibility index (Phi) is 5.69. The van der Waals surface area contributed by atoms with E-state index in [1.807, 2.05) is 50.4 Å². The second kappa shape index (κ2) is 6.81. The SMILES string of the molecule is CSCCC(NC(C)C)(C(=O)O)c1ccccc1. The molecular formula is C14H21NO2S. The first-order valence-electron chi connectivity index (χ1n) is 6.08. The van der Waals surface area contributed by atoms with Gasteiger partial charge in [0.15, 0.2) is 0 Å². The zero-order valence-electron chi connectivity index (χ0n) is 11.1. The lowest BCUT2D eigenvalue weighted by Crippen LogP contribution is -2.52. The van der Waals surface area contributed by atoms with E-state index in [9.17, 15) is 9.90 Å². The van der Waals surface area contributed by atoms with Crippen LogP contribution in [-0.4, -0.2) is 29.1 Å². The second-order valence-electron chi connectivity index (χ2n) is 4.62. The Morgan fingerprint density at radius 1 is 1.39 bits per heavy atom. The molecule has 0 saturated heterocycles. The topological polar surface area (TPSA) is 49.3 Å². The number of hydrogen-bond donors (Lipinski definition) is 2. The van der Waals surface area contributed by atoms with Crippen molar-refractivity contribution in [3.8, 4) is 0 Å². The molecule has 1 aromatic carbocycles. The average molecular weight is 267 g/mol. The number of hydrogen-bond acceptors (Lipinski definition) is 3. The van der Waals surface area contributed by atoms with E-state index in [1.165, 1.54) is 0 Å². The Bertz CT molecular complexity index is 381. The van der Waals surface area contributed by atoms with Gasteiger partial charge in [-0.25, -0.2) is 4.79 Å². The number of nitrogens with one attached hydrogen (secondary N) is 1. The lowest BCUT2D eigenvalue weighted by Gasteiger charge is -2.33. The number of carboxylic acids is 1. The van der Waals surface area contributed by atoms with Crippen LogP contribution in [0.1, 0.15) is 25.8 Å². The largest absolute Gasteiger partial charge is 0.480 e. The van der Waals surface area contributed by atoms with Crippen LogP contribution >= 0.6 is 11.8 Å². The van der Waals surface area contributed by atoms with Crippen molar-refractivity contribution in [2.75, 3.05) is 12.0 Å². The van der Waals surface area contributed by atoms with E-state index in [4.69, 9.17) is 0 Å². The fraction of sp³-hybridized carbons (Fsp3) is 0.500. The van der Waals surface area contributed by atoms with Crippen LogP contribution in [0.5, 0.6) is 0 Å². The number of aliphatic carboxylic acids is 1. The normalized spacial score (nSPS) is 14.4. The lowest BCUT2D eigenvalue weighted by atomic mass is 9.86. The predicted molar refractivity (Wildman–Crippen MR) is 77.0 cm³/mol. The molecule has 0 aliphatic rings. The zero-order chi connectivity index (χ0) is 13.6. The van der Waals surface area contributed by atoms with Gasteiger partial charge in [0.05, 0.1) is 0 Å². The summed E-state index contributed by atoms with van der Waals surface area (Å²) in [6.45, 7) is 3.94. The summed E-state index contributed by atoms with van der Waals surface area (Å²) in [6, 6.07) is 9.54. The molecule has 3 nitrogen and oxygen atoms in total. The minimum atomic E-state index is -0.988.